The largest absolute Gasteiger partial charge is 0.497 e. The number of carbonyl (C=O) groups is 1. The van der Waals surface area contributed by atoms with Gasteiger partial charge in [-0.3, -0.25) is 4.79 Å². The average Bonchev–Trinajstić information content (AvgIpc) is 2.97. The fourth-order valence-corrected chi connectivity index (χ4v) is 1.65. The maximum absolute atomic E-state index is 11.8. The molecule has 102 valence electrons. The normalized spacial score (nSPS) is 10.4. The summed E-state index contributed by atoms with van der Waals surface area (Å²) in [6.07, 6.45) is 4.71. The van der Waals surface area contributed by atoms with Crippen LogP contribution in [0.4, 0.5) is 0 Å². The van der Waals surface area contributed by atoms with Crippen molar-refractivity contribution in [3.63, 3.8) is 0 Å². The molecule has 0 aliphatic rings. The van der Waals surface area contributed by atoms with Crippen molar-refractivity contribution in [1.82, 2.24) is 5.32 Å². The van der Waals surface area contributed by atoms with Crippen LogP contribution in [-0.2, 0) is 0 Å². The highest BCUT2D eigenvalue weighted by molar-refractivity contribution is 5.92. The number of rotatable bonds is 5. The van der Waals surface area contributed by atoms with E-state index in [1.54, 1.807) is 31.4 Å². The van der Waals surface area contributed by atoms with E-state index in [0.29, 0.717) is 5.76 Å². The van der Waals surface area contributed by atoms with Gasteiger partial charge >= 0.3 is 0 Å². The Morgan fingerprint density at radius 1 is 1.35 bits per heavy atom. The molecule has 0 atom stereocenters. The van der Waals surface area contributed by atoms with Gasteiger partial charge in [0, 0.05) is 11.8 Å². The number of methoxy groups -OCH3 is 1. The average molecular weight is 269 g/mol. The van der Waals surface area contributed by atoms with Crippen molar-refractivity contribution in [3.8, 4) is 17.1 Å². The maximum atomic E-state index is 11.8. The zero-order chi connectivity index (χ0) is 14.4. The first-order valence-electron chi connectivity index (χ1n) is 6.07. The lowest BCUT2D eigenvalue weighted by Gasteiger charge is -2.01. The highest BCUT2D eigenvalue weighted by Crippen LogP contribution is 2.25. The molecule has 0 saturated carbocycles. The summed E-state index contributed by atoms with van der Waals surface area (Å²) in [5.74, 6) is 1.29. The quantitative estimate of drug-likeness (QED) is 0.846. The second kappa shape index (κ2) is 6.43. The molecular formula is C16H15NO3. The fourth-order valence-electron chi connectivity index (χ4n) is 1.65. The van der Waals surface area contributed by atoms with Crippen LogP contribution in [0.3, 0.4) is 0 Å². The number of hydrogen-bond acceptors (Lipinski definition) is 3. The van der Waals surface area contributed by atoms with Crippen LogP contribution in [0.15, 0.2) is 65.7 Å². The SMILES string of the molecule is C=C/C=C/NC(=O)c1ccc(-c2cccc(OC)c2)o1. The Kier molecular flexibility index (Phi) is 4.39. The third-order valence-corrected chi connectivity index (χ3v) is 2.63. The van der Waals surface area contributed by atoms with Gasteiger partial charge in [-0.25, -0.2) is 0 Å². The van der Waals surface area contributed by atoms with Gasteiger partial charge in [0.05, 0.1) is 7.11 Å². The smallest absolute Gasteiger partial charge is 0.290 e. The Balaban J connectivity index is 2.17. The molecule has 4 nitrogen and oxygen atoms in total. The topological polar surface area (TPSA) is 51.5 Å². The van der Waals surface area contributed by atoms with E-state index in [1.807, 2.05) is 24.3 Å². The van der Waals surface area contributed by atoms with E-state index in [9.17, 15) is 4.79 Å². The van der Waals surface area contributed by atoms with Crippen molar-refractivity contribution in [2.45, 2.75) is 0 Å². The summed E-state index contributed by atoms with van der Waals surface area (Å²) >= 11 is 0. The van der Waals surface area contributed by atoms with E-state index in [0.717, 1.165) is 11.3 Å². The molecule has 0 aliphatic carbocycles. The van der Waals surface area contributed by atoms with Crippen LogP contribution in [-0.4, -0.2) is 13.0 Å². The molecule has 0 saturated heterocycles. The number of furan rings is 1. The van der Waals surface area contributed by atoms with Gasteiger partial charge in [0.1, 0.15) is 11.5 Å². The van der Waals surface area contributed by atoms with Crippen LogP contribution in [0, 0.1) is 0 Å². The minimum Gasteiger partial charge on any atom is -0.497 e. The summed E-state index contributed by atoms with van der Waals surface area (Å²) in [5.41, 5.74) is 0.852. The molecule has 1 N–H and O–H groups in total. The molecule has 2 rings (SSSR count). The summed E-state index contributed by atoms with van der Waals surface area (Å²) in [6, 6.07) is 10.8. The summed E-state index contributed by atoms with van der Waals surface area (Å²) in [6.45, 7) is 3.52. The Morgan fingerprint density at radius 3 is 2.95 bits per heavy atom. The number of nitrogens with one attached hydrogen (secondary N) is 1. The lowest BCUT2D eigenvalue weighted by atomic mass is 10.2. The standard InChI is InChI=1S/C16H15NO3/c1-3-4-10-17-16(18)15-9-8-14(20-15)12-6-5-7-13(11-12)19-2/h3-11H,1H2,2H3,(H,17,18)/b10-4+. The van der Waals surface area contributed by atoms with Gasteiger partial charge in [-0.2, -0.15) is 0 Å². The molecular weight excluding hydrogens is 254 g/mol. The van der Waals surface area contributed by atoms with E-state index < -0.39 is 0 Å². The molecule has 0 bridgehead atoms. The second-order valence-corrected chi connectivity index (χ2v) is 3.96. The van der Waals surface area contributed by atoms with Gasteiger partial charge in [-0.15, -0.1) is 0 Å². The predicted octanol–water partition coefficient (Wildman–Crippen LogP) is 3.38. The lowest BCUT2D eigenvalue weighted by molar-refractivity contribution is 0.0943. The molecule has 0 unspecified atom stereocenters. The summed E-state index contributed by atoms with van der Waals surface area (Å²) < 4.78 is 10.7. The third kappa shape index (κ3) is 3.17. The summed E-state index contributed by atoms with van der Waals surface area (Å²) in [5, 5.41) is 2.58. The Labute approximate surface area is 117 Å². The van der Waals surface area contributed by atoms with E-state index in [4.69, 9.17) is 9.15 Å². The zero-order valence-electron chi connectivity index (χ0n) is 11.1. The molecule has 1 heterocycles. The van der Waals surface area contributed by atoms with E-state index in [1.165, 1.54) is 6.20 Å². The Morgan fingerprint density at radius 2 is 2.20 bits per heavy atom. The summed E-state index contributed by atoms with van der Waals surface area (Å²) in [7, 11) is 1.60. The van der Waals surface area contributed by atoms with E-state index in [-0.39, 0.29) is 11.7 Å². The van der Waals surface area contributed by atoms with Gasteiger partial charge < -0.3 is 14.5 Å². The van der Waals surface area contributed by atoms with Gasteiger partial charge in [-0.05, 0) is 30.3 Å². The van der Waals surface area contributed by atoms with Crippen LogP contribution in [0.5, 0.6) is 5.75 Å². The monoisotopic (exact) mass is 269 g/mol. The van der Waals surface area contributed by atoms with E-state index >= 15 is 0 Å². The Bertz CT molecular complexity index is 641. The third-order valence-electron chi connectivity index (χ3n) is 2.63. The summed E-state index contributed by atoms with van der Waals surface area (Å²) in [4.78, 5) is 11.8. The van der Waals surface area contributed by atoms with Crippen LogP contribution < -0.4 is 10.1 Å². The van der Waals surface area contributed by atoms with E-state index in [2.05, 4.69) is 11.9 Å². The highest BCUT2D eigenvalue weighted by atomic mass is 16.5. The fraction of sp³-hybridized carbons (Fsp3) is 0.0625. The number of carbonyl (C=O) groups excluding carboxylic acids is 1. The Hall–Kier alpha value is -2.75. The first-order chi connectivity index (χ1) is 9.74. The minimum absolute atomic E-state index is 0.247. The number of allylic oxidation sites excluding steroid dienone is 2. The molecule has 4 heteroatoms. The molecule has 1 aromatic carbocycles. The van der Waals surface area contributed by atoms with Crippen molar-refractivity contribution >= 4 is 5.91 Å². The molecule has 0 radical (unpaired) electrons. The highest BCUT2D eigenvalue weighted by Gasteiger charge is 2.11. The van der Waals surface area contributed by atoms with Crippen molar-refractivity contribution in [3.05, 3.63) is 67.1 Å². The zero-order valence-corrected chi connectivity index (χ0v) is 11.1. The first kappa shape index (κ1) is 13.7. The molecule has 0 aliphatic heterocycles. The van der Waals surface area contributed by atoms with Gasteiger partial charge in [0.2, 0.25) is 0 Å². The van der Waals surface area contributed by atoms with Crippen LogP contribution in [0.2, 0.25) is 0 Å². The van der Waals surface area contributed by atoms with Crippen molar-refractivity contribution < 1.29 is 13.9 Å². The molecule has 1 amide bonds. The van der Waals surface area contributed by atoms with Crippen LogP contribution >= 0.6 is 0 Å². The van der Waals surface area contributed by atoms with Crippen molar-refractivity contribution in [1.29, 1.82) is 0 Å². The minimum atomic E-state index is -0.308. The molecule has 1 aromatic heterocycles. The van der Waals surface area contributed by atoms with Crippen molar-refractivity contribution in [2.24, 2.45) is 0 Å². The number of amides is 1. The van der Waals surface area contributed by atoms with Crippen LogP contribution in [0.1, 0.15) is 10.6 Å². The lowest BCUT2D eigenvalue weighted by Crippen LogP contribution is -2.15. The predicted molar refractivity (Wildman–Crippen MR) is 77.5 cm³/mol. The van der Waals surface area contributed by atoms with Crippen molar-refractivity contribution in [2.75, 3.05) is 7.11 Å². The van der Waals surface area contributed by atoms with Crippen LogP contribution in [0.25, 0.3) is 11.3 Å². The number of benzene rings is 1. The van der Waals surface area contributed by atoms with Gasteiger partial charge in [0.15, 0.2) is 5.76 Å². The molecule has 0 spiro atoms. The molecule has 20 heavy (non-hydrogen) atoms. The number of hydrogen-bond donors (Lipinski definition) is 1. The molecule has 2 aromatic rings. The molecule has 0 fully saturated rings. The number of ether oxygens (including phenoxy) is 1. The van der Waals surface area contributed by atoms with Gasteiger partial charge in [-0.1, -0.05) is 24.8 Å². The first-order valence-corrected chi connectivity index (χ1v) is 6.07. The maximum Gasteiger partial charge on any atom is 0.290 e. The second-order valence-electron chi connectivity index (χ2n) is 3.96. The van der Waals surface area contributed by atoms with Gasteiger partial charge in [0.25, 0.3) is 5.91 Å².